The number of carbonyl (C=O) groups excluding carboxylic acids is 1. The summed E-state index contributed by atoms with van der Waals surface area (Å²) in [5.41, 5.74) is 5.35. The van der Waals surface area contributed by atoms with E-state index in [1.807, 2.05) is 27.8 Å². The van der Waals surface area contributed by atoms with Gasteiger partial charge in [-0.2, -0.15) is 18.3 Å². The molecule has 4 rings (SSSR count). The van der Waals surface area contributed by atoms with Crippen molar-refractivity contribution in [3.63, 3.8) is 0 Å². The van der Waals surface area contributed by atoms with Crippen LogP contribution < -0.4 is 0 Å². The topological polar surface area (TPSA) is 93.3 Å². The van der Waals surface area contributed by atoms with Gasteiger partial charge >= 0.3 is 12.1 Å². The molecule has 0 saturated carbocycles. The maximum absolute atomic E-state index is 13.0. The van der Waals surface area contributed by atoms with Crippen LogP contribution in [0.4, 0.5) is 13.2 Å². The van der Waals surface area contributed by atoms with Gasteiger partial charge in [0, 0.05) is 54.4 Å². The van der Waals surface area contributed by atoms with Crippen LogP contribution >= 0.6 is 0 Å². The molecule has 0 unspecified atom stereocenters. The fraction of sp³-hybridized carbons (Fsp3) is 0.440. The Kier molecular flexibility index (Phi) is 8.21. The van der Waals surface area contributed by atoms with Crippen LogP contribution in [0.5, 0.6) is 0 Å². The van der Waals surface area contributed by atoms with Crippen molar-refractivity contribution in [3.05, 3.63) is 59.8 Å². The molecular formula is C25H30F3N5O3. The Morgan fingerprint density at radius 2 is 1.81 bits per heavy atom. The highest BCUT2D eigenvalue weighted by molar-refractivity contribution is 5.78. The molecule has 1 aliphatic rings. The van der Waals surface area contributed by atoms with Gasteiger partial charge in [-0.1, -0.05) is 19.9 Å². The van der Waals surface area contributed by atoms with Gasteiger partial charge in [0.15, 0.2) is 0 Å². The second-order valence-corrected chi connectivity index (χ2v) is 9.35. The van der Waals surface area contributed by atoms with Gasteiger partial charge in [0.25, 0.3) is 0 Å². The summed E-state index contributed by atoms with van der Waals surface area (Å²) in [4.78, 5) is 28.3. The van der Waals surface area contributed by atoms with Crippen LogP contribution in [0.25, 0.3) is 11.3 Å². The van der Waals surface area contributed by atoms with Crippen LogP contribution in [0.15, 0.2) is 42.9 Å². The molecule has 36 heavy (non-hydrogen) atoms. The minimum absolute atomic E-state index is 0.202. The molecule has 0 bridgehead atoms. The first-order chi connectivity index (χ1) is 16.9. The third kappa shape index (κ3) is 6.52. The number of carboxylic acid groups (broad SMARTS) is 1. The zero-order chi connectivity index (χ0) is 26.6. The number of aliphatic carboxylic acids is 1. The molecule has 1 N–H and O–H groups in total. The van der Waals surface area contributed by atoms with Crippen LogP contribution in [0.1, 0.15) is 57.1 Å². The molecular weight excluding hydrogens is 475 g/mol. The quantitative estimate of drug-likeness (QED) is 0.533. The highest BCUT2D eigenvalue weighted by Gasteiger charge is 2.38. The largest absolute Gasteiger partial charge is 0.490 e. The van der Waals surface area contributed by atoms with E-state index in [0.29, 0.717) is 38.0 Å². The van der Waals surface area contributed by atoms with Crippen molar-refractivity contribution < 1.29 is 27.9 Å². The maximum Gasteiger partial charge on any atom is 0.490 e. The smallest absolute Gasteiger partial charge is 0.475 e. The normalized spacial score (nSPS) is 13.1. The minimum atomic E-state index is -5.08. The number of pyridine rings is 1. The average molecular weight is 506 g/mol. The van der Waals surface area contributed by atoms with Gasteiger partial charge in [-0.3, -0.25) is 14.5 Å². The van der Waals surface area contributed by atoms with Crippen molar-refractivity contribution in [2.75, 3.05) is 0 Å². The Bertz CT molecular complexity index is 1200. The maximum atomic E-state index is 13.0. The van der Waals surface area contributed by atoms with Crippen molar-refractivity contribution in [1.29, 1.82) is 0 Å². The van der Waals surface area contributed by atoms with Crippen molar-refractivity contribution in [3.8, 4) is 11.3 Å². The van der Waals surface area contributed by atoms with Crippen molar-refractivity contribution >= 4 is 11.9 Å². The van der Waals surface area contributed by atoms with E-state index in [4.69, 9.17) is 15.0 Å². The van der Waals surface area contributed by atoms with Gasteiger partial charge in [-0.25, -0.2) is 4.79 Å². The van der Waals surface area contributed by atoms with Crippen molar-refractivity contribution in [2.45, 2.75) is 66.0 Å². The predicted molar refractivity (Wildman–Crippen MR) is 127 cm³/mol. The molecule has 3 aromatic rings. The summed E-state index contributed by atoms with van der Waals surface area (Å²) in [6.45, 7) is 10.4. The van der Waals surface area contributed by atoms with Gasteiger partial charge in [0.05, 0.1) is 24.5 Å². The minimum Gasteiger partial charge on any atom is -0.475 e. The summed E-state index contributed by atoms with van der Waals surface area (Å²) in [6, 6.07) is 8.39. The molecule has 0 radical (unpaired) electrons. The molecule has 0 spiro atoms. The summed E-state index contributed by atoms with van der Waals surface area (Å²) in [5, 5.41) is 12.0. The lowest BCUT2D eigenvalue weighted by atomic mass is 10.1. The molecule has 4 heterocycles. The predicted octanol–water partition coefficient (Wildman–Crippen LogP) is 4.90. The fourth-order valence-corrected chi connectivity index (χ4v) is 3.99. The SMILES string of the molecule is CC(C)CC(=O)N1Cc2cn(Cc3ccccn3)nc2-c2ccn(C(C)C)c2C1.O=C(O)C(F)(F)F. The zero-order valence-electron chi connectivity index (χ0n) is 20.7. The van der Waals surface area contributed by atoms with Crippen LogP contribution in [0.3, 0.4) is 0 Å². The first-order valence-corrected chi connectivity index (χ1v) is 11.6. The number of nitrogens with zero attached hydrogens (tertiary/aromatic N) is 5. The van der Waals surface area contributed by atoms with Gasteiger partial charge < -0.3 is 14.6 Å². The average Bonchev–Trinajstić information content (AvgIpc) is 3.33. The monoisotopic (exact) mass is 505 g/mol. The lowest BCUT2D eigenvalue weighted by Crippen LogP contribution is -2.31. The molecule has 1 amide bonds. The second-order valence-electron chi connectivity index (χ2n) is 9.35. The molecule has 0 aromatic carbocycles. The summed E-state index contributed by atoms with van der Waals surface area (Å²) in [7, 11) is 0. The molecule has 1 aliphatic heterocycles. The number of alkyl halides is 3. The number of carbonyl (C=O) groups is 2. The summed E-state index contributed by atoms with van der Waals surface area (Å²) < 4.78 is 35.9. The number of hydrogen-bond donors (Lipinski definition) is 1. The van der Waals surface area contributed by atoms with E-state index in [1.165, 1.54) is 5.69 Å². The standard InChI is InChI=1S/C23H29N5O.C2HF3O2/c1-16(2)11-22(29)26-12-18-13-27(14-19-7-5-6-9-24-19)25-23(18)20-8-10-28(17(3)4)21(20)15-26;3-2(4,5)1(6)7/h5-10,13,16-17H,11-12,14-15H2,1-4H3;(H,6,7). The van der Waals surface area contributed by atoms with Gasteiger partial charge in [0.1, 0.15) is 0 Å². The Balaban J connectivity index is 0.000000454. The Labute approximate surface area is 207 Å². The van der Waals surface area contributed by atoms with E-state index < -0.39 is 12.1 Å². The molecule has 0 atom stereocenters. The summed E-state index contributed by atoms with van der Waals surface area (Å²) in [6.07, 6.45) is 1.47. The number of fused-ring (bicyclic) bond motifs is 3. The highest BCUT2D eigenvalue weighted by Crippen LogP contribution is 2.34. The Morgan fingerprint density at radius 3 is 2.36 bits per heavy atom. The summed E-state index contributed by atoms with van der Waals surface area (Å²) in [5.74, 6) is -2.21. The number of hydrogen-bond acceptors (Lipinski definition) is 4. The number of rotatable bonds is 5. The first-order valence-electron chi connectivity index (χ1n) is 11.6. The number of amides is 1. The lowest BCUT2D eigenvalue weighted by molar-refractivity contribution is -0.192. The van der Waals surface area contributed by atoms with Gasteiger partial charge in [-0.15, -0.1) is 0 Å². The van der Waals surface area contributed by atoms with E-state index in [-0.39, 0.29) is 5.91 Å². The van der Waals surface area contributed by atoms with E-state index >= 15 is 0 Å². The van der Waals surface area contributed by atoms with Crippen LogP contribution in [0, 0.1) is 5.92 Å². The van der Waals surface area contributed by atoms with Crippen LogP contribution in [0.2, 0.25) is 0 Å². The molecule has 0 aliphatic carbocycles. The molecule has 0 fully saturated rings. The highest BCUT2D eigenvalue weighted by atomic mass is 19.4. The van der Waals surface area contributed by atoms with E-state index in [9.17, 15) is 18.0 Å². The van der Waals surface area contributed by atoms with E-state index in [1.54, 1.807) is 6.20 Å². The van der Waals surface area contributed by atoms with Gasteiger partial charge in [-0.05, 0) is 38.0 Å². The zero-order valence-corrected chi connectivity index (χ0v) is 20.7. The third-order valence-corrected chi connectivity index (χ3v) is 5.60. The number of halogens is 3. The van der Waals surface area contributed by atoms with Crippen molar-refractivity contribution in [1.82, 2.24) is 24.2 Å². The third-order valence-electron chi connectivity index (χ3n) is 5.60. The summed E-state index contributed by atoms with van der Waals surface area (Å²) >= 11 is 0. The number of carboxylic acids is 1. The van der Waals surface area contributed by atoms with Crippen molar-refractivity contribution in [2.24, 2.45) is 5.92 Å². The molecule has 0 saturated heterocycles. The second kappa shape index (κ2) is 11.0. The molecule has 194 valence electrons. The van der Waals surface area contributed by atoms with Crippen LogP contribution in [-0.2, 0) is 29.2 Å². The molecule has 8 nitrogen and oxygen atoms in total. The molecule has 3 aromatic heterocycles. The Morgan fingerprint density at radius 1 is 1.11 bits per heavy atom. The first kappa shape index (κ1) is 27.0. The molecule has 11 heteroatoms. The van der Waals surface area contributed by atoms with E-state index in [0.717, 1.165) is 22.5 Å². The van der Waals surface area contributed by atoms with E-state index in [2.05, 4.69) is 55.7 Å². The van der Waals surface area contributed by atoms with Crippen LogP contribution in [-0.4, -0.2) is 47.4 Å². The lowest BCUT2D eigenvalue weighted by Gasteiger charge is -2.24. The Hall–Kier alpha value is -3.63. The van der Waals surface area contributed by atoms with Gasteiger partial charge in [0.2, 0.25) is 5.91 Å². The fourth-order valence-electron chi connectivity index (χ4n) is 3.99. The number of aromatic nitrogens is 4.